The molecule has 0 bridgehead atoms. The normalized spacial score (nSPS) is 17.5. The van der Waals surface area contributed by atoms with Gasteiger partial charge in [0.05, 0.1) is 7.11 Å². The van der Waals surface area contributed by atoms with Crippen LogP contribution in [0.15, 0.2) is 23.7 Å². The molecule has 0 spiro atoms. The van der Waals surface area contributed by atoms with E-state index in [9.17, 15) is 9.59 Å². The zero-order valence-corrected chi connectivity index (χ0v) is 5.83. The highest BCUT2D eigenvalue weighted by atomic mass is 16.5. The minimum absolute atomic E-state index is 0.294. The molecule has 0 aliphatic heterocycles. The number of ether oxygens (including phenoxy) is 1. The Bertz CT molecular complexity index is 272. The van der Waals surface area contributed by atoms with Crippen LogP contribution in [0.5, 0.6) is 0 Å². The summed E-state index contributed by atoms with van der Waals surface area (Å²) in [5, 5.41) is 8.94. The third-order valence-electron chi connectivity index (χ3n) is 1.26. The Morgan fingerprint density at radius 3 is 2.27 bits per heavy atom. The molecule has 4 heteroatoms. The molecule has 1 aliphatic carbocycles. The topological polar surface area (TPSA) is 63.6 Å². The summed E-state index contributed by atoms with van der Waals surface area (Å²) in [4.78, 5) is 21.5. The van der Waals surface area contributed by atoms with Gasteiger partial charge in [0.25, 0.3) is 0 Å². The summed E-state index contributed by atoms with van der Waals surface area (Å²) in [5.41, 5.74) is 0. The van der Waals surface area contributed by atoms with E-state index in [0.29, 0.717) is 0 Å². The maximum absolute atomic E-state index is 10.8. The Morgan fingerprint density at radius 2 is 1.82 bits per heavy atom. The van der Waals surface area contributed by atoms with Gasteiger partial charge < -0.3 is 9.84 Å². The monoisotopic (exact) mass is 154 g/mol. The molecule has 58 valence electrons. The van der Waals surface area contributed by atoms with Gasteiger partial charge in [-0.25, -0.2) is 0 Å². The lowest BCUT2D eigenvalue weighted by Crippen LogP contribution is -2.15. The van der Waals surface area contributed by atoms with E-state index in [4.69, 9.17) is 5.11 Å². The summed E-state index contributed by atoms with van der Waals surface area (Å²) < 4.78 is 4.49. The first kappa shape index (κ1) is 7.53. The SMILES string of the molecule is COC1=C(O)C(=O)C=CC1=O. The number of carbonyl (C=O) groups is 2. The van der Waals surface area contributed by atoms with Crippen LogP contribution in [0.25, 0.3) is 0 Å². The highest BCUT2D eigenvalue weighted by Gasteiger charge is 2.22. The largest absolute Gasteiger partial charge is 0.501 e. The first-order valence-corrected chi connectivity index (χ1v) is 2.90. The van der Waals surface area contributed by atoms with Crippen molar-refractivity contribution in [3.63, 3.8) is 0 Å². The molecule has 0 aromatic carbocycles. The van der Waals surface area contributed by atoms with Crippen molar-refractivity contribution in [1.82, 2.24) is 0 Å². The zero-order valence-electron chi connectivity index (χ0n) is 5.83. The molecular formula is C7H6O4. The molecule has 0 amide bonds. The number of aliphatic hydroxyl groups is 1. The lowest BCUT2D eigenvalue weighted by molar-refractivity contribution is -0.119. The highest BCUT2D eigenvalue weighted by molar-refractivity contribution is 6.17. The first-order valence-electron chi connectivity index (χ1n) is 2.90. The van der Waals surface area contributed by atoms with Crippen LogP contribution >= 0.6 is 0 Å². The lowest BCUT2D eigenvalue weighted by Gasteiger charge is -2.06. The molecule has 1 rings (SSSR count). The van der Waals surface area contributed by atoms with Crippen molar-refractivity contribution < 1.29 is 19.4 Å². The van der Waals surface area contributed by atoms with E-state index in [1.54, 1.807) is 0 Å². The number of allylic oxidation sites excluding steroid dienone is 2. The van der Waals surface area contributed by atoms with Crippen LogP contribution in [-0.4, -0.2) is 23.8 Å². The van der Waals surface area contributed by atoms with Crippen molar-refractivity contribution in [2.45, 2.75) is 0 Å². The van der Waals surface area contributed by atoms with Gasteiger partial charge in [0.15, 0.2) is 0 Å². The fraction of sp³-hybridized carbons (Fsp3) is 0.143. The fourth-order valence-electron chi connectivity index (χ4n) is 0.732. The first-order chi connectivity index (χ1) is 5.16. The number of hydrogen-bond donors (Lipinski definition) is 1. The predicted molar refractivity (Wildman–Crippen MR) is 35.8 cm³/mol. The summed E-state index contributed by atoms with van der Waals surface area (Å²) in [6, 6.07) is 0. The van der Waals surface area contributed by atoms with E-state index in [1.807, 2.05) is 0 Å². The molecule has 0 fully saturated rings. The van der Waals surface area contributed by atoms with Crippen LogP contribution in [0.3, 0.4) is 0 Å². The lowest BCUT2D eigenvalue weighted by atomic mass is 10.1. The third-order valence-corrected chi connectivity index (χ3v) is 1.26. The number of carbonyl (C=O) groups excluding carboxylic acids is 2. The summed E-state index contributed by atoms with van der Waals surface area (Å²) >= 11 is 0. The zero-order chi connectivity index (χ0) is 8.43. The summed E-state index contributed by atoms with van der Waals surface area (Å²) in [7, 11) is 1.22. The number of ketones is 2. The van der Waals surface area contributed by atoms with Crippen LogP contribution in [0.4, 0.5) is 0 Å². The van der Waals surface area contributed by atoms with Crippen molar-refractivity contribution in [3.8, 4) is 0 Å². The van der Waals surface area contributed by atoms with Gasteiger partial charge >= 0.3 is 0 Å². The minimum Gasteiger partial charge on any atom is -0.501 e. The molecular weight excluding hydrogens is 148 g/mol. The molecule has 0 saturated carbocycles. The van der Waals surface area contributed by atoms with E-state index < -0.39 is 17.3 Å². The van der Waals surface area contributed by atoms with Crippen molar-refractivity contribution in [2.24, 2.45) is 0 Å². The smallest absolute Gasteiger partial charge is 0.224 e. The van der Waals surface area contributed by atoms with E-state index in [2.05, 4.69) is 4.74 Å². The molecule has 1 aliphatic rings. The molecule has 4 nitrogen and oxygen atoms in total. The molecule has 0 unspecified atom stereocenters. The van der Waals surface area contributed by atoms with Crippen LogP contribution in [0.1, 0.15) is 0 Å². The molecule has 1 N–H and O–H groups in total. The molecule has 0 radical (unpaired) electrons. The Balaban J connectivity index is 3.09. The van der Waals surface area contributed by atoms with Gasteiger partial charge in [-0.2, -0.15) is 0 Å². The number of methoxy groups -OCH3 is 1. The van der Waals surface area contributed by atoms with Crippen LogP contribution < -0.4 is 0 Å². The quantitative estimate of drug-likeness (QED) is 0.544. The Morgan fingerprint density at radius 1 is 1.27 bits per heavy atom. The summed E-state index contributed by atoms with van der Waals surface area (Å²) in [5.74, 6) is -2.02. The highest BCUT2D eigenvalue weighted by Crippen LogP contribution is 2.11. The van der Waals surface area contributed by atoms with Crippen LogP contribution in [0, 0.1) is 0 Å². The summed E-state index contributed by atoms with van der Waals surface area (Å²) in [6.07, 6.45) is 2.06. The van der Waals surface area contributed by atoms with Crippen molar-refractivity contribution in [2.75, 3.05) is 7.11 Å². The molecule has 0 aromatic heterocycles. The van der Waals surface area contributed by atoms with Crippen LogP contribution in [0.2, 0.25) is 0 Å². The van der Waals surface area contributed by atoms with E-state index in [1.165, 1.54) is 7.11 Å². The van der Waals surface area contributed by atoms with Gasteiger partial charge in [0, 0.05) is 0 Å². The van der Waals surface area contributed by atoms with Gasteiger partial charge in [-0.3, -0.25) is 9.59 Å². The second-order valence-electron chi connectivity index (χ2n) is 1.94. The number of aliphatic hydroxyl groups excluding tert-OH is 1. The minimum atomic E-state index is -0.625. The molecule has 0 heterocycles. The average Bonchev–Trinajstić information content (AvgIpc) is 1.99. The predicted octanol–water partition coefficient (Wildman–Crippen LogP) is 0.110. The number of rotatable bonds is 1. The second kappa shape index (κ2) is 2.57. The maximum Gasteiger partial charge on any atom is 0.224 e. The number of hydrogen-bond acceptors (Lipinski definition) is 4. The van der Waals surface area contributed by atoms with Gasteiger partial charge in [-0.1, -0.05) is 0 Å². The van der Waals surface area contributed by atoms with E-state index in [-0.39, 0.29) is 5.76 Å². The Labute approximate surface area is 62.8 Å². The standard InChI is InChI=1S/C7H6O4/c1-11-7-5(9)3-2-4(8)6(7)10/h2-3,10H,1H3. The second-order valence-corrected chi connectivity index (χ2v) is 1.94. The van der Waals surface area contributed by atoms with Crippen molar-refractivity contribution >= 4 is 11.6 Å². The van der Waals surface area contributed by atoms with Gasteiger partial charge in [-0.05, 0) is 12.2 Å². The molecule has 0 saturated heterocycles. The van der Waals surface area contributed by atoms with Crippen LogP contribution in [-0.2, 0) is 14.3 Å². The van der Waals surface area contributed by atoms with Gasteiger partial charge in [0.1, 0.15) is 0 Å². The molecule has 0 atom stereocenters. The molecule has 0 aromatic rings. The Kier molecular flexibility index (Phi) is 1.76. The van der Waals surface area contributed by atoms with E-state index >= 15 is 0 Å². The van der Waals surface area contributed by atoms with Gasteiger partial charge in [-0.15, -0.1) is 0 Å². The third kappa shape index (κ3) is 1.14. The van der Waals surface area contributed by atoms with Crippen molar-refractivity contribution in [1.29, 1.82) is 0 Å². The Hall–Kier alpha value is -1.58. The van der Waals surface area contributed by atoms with Gasteiger partial charge in [0.2, 0.25) is 23.1 Å². The average molecular weight is 154 g/mol. The maximum atomic E-state index is 10.8. The summed E-state index contributed by atoms with van der Waals surface area (Å²) in [6.45, 7) is 0. The molecule has 11 heavy (non-hydrogen) atoms. The van der Waals surface area contributed by atoms with Crippen molar-refractivity contribution in [3.05, 3.63) is 23.7 Å². The van der Waals surface area contributed by atoms with E-state index in [0.717, 1.165) is 12.2 Å². The fourth-order valence-corrected chi connectivity index (χ4v) is 0.732.